The predicted octanol–water partition coefficient (Wildman–Crippen LogP) is 4.13. The van der Waals surface area contributed by atoms with Crippen molar-refractivity contribution in [2.24, 2.45) is 0 Å². The maximum absolute atomic E-state index is 5.82. The van der Waals surface area contributed by atoms with Crippen LogP contribution in [0, 0.1) is 0 Å². The van der Waals surface area contributed by atoms with E-state index in [-0.39, 0.29) is 6.29 Å². The fourth-order valence-corrected chi connectivity index (χ4v) is 2.05. The molecule has 0 aromatic heterocycles. The van der Waals surface area contributed by atoms with E-state index >= 15 is 0 Å². The van der Waals surface area contributed by atoms with E-state index in [9.17, 15) is 0 Å². The van der Waals surface area contributed by atoms with Gasteiger partial charge in [-0.2, -0.15) is 0 Å². The average Bonchev–Trinajstić information content (AvgIpc) is 2.46. The van der Waals surface area contributed by atoms with Gasteiger partial charge < -0.3 is 9.47 Å². The summed E-state index contributed by atoms with van der Waals surface area (Å²) in [5.74, 6) is 0.809. The monoisotopic (exact) mass is 260 g/mol. The SMILES string of the molecule is COC(Oc1ccc(SC)cc1)c1ccccc1. The first-order valence-corrected chi connectivity index (χ1v) is 6.94. The topological polar surface area (TPSA) is 18.5 Å². The van der Waals surface area contributed by atoms with Crippen molar-refractivity contribution in [2.75, 3.05) is 13.4 Å². The summed E-state index contributed by atoms with van der Waals surface area (Å²) in [7, 11) is 1.65. The summed E-state index contributed by atoms with van der Waals surface area (Å²) in [6.45, 7) is 0. The lowest BCUT2D eigenvalue weighted by atomic mass is 10.2. The van der Waals surface area contributed by atoms with Crippen LogP contribution >= 0.6 is 11.8 Å². The first-order valence-electron chi connectivity index (χ1n) is 5.72. The van der Waals surface area contributed by atoms with Gasteiger partial charge >= 0.3 is 0 Å². The molecule has 0 radical (unpaired) electrons. The highest BCUT2D eigenvalue weighted by molar-refractivity contribution is 7.98. The van der Waals surface area contributed by atoms with Gasteiger partial charge in [-0.15, -0.1) is 11.8 Å². The van der Waals surface area contributed by atoms with Gasteiger partial charge in [-0.3, -0.25) is 0 Å². The Bertz CT molecular complexity index is 468. The quantitative estimate of drug-likeness (QED) is 0.595. The summed E-state index contributed by atoms with van der Waals surface area (Å²) in [4.78, 5) is 1.22. The first-order chi connectivity index (χ1) is 8.83. The Morgan fingerprint density at radius 2 is 1.61 bits per heavy atom. The van der Waals surface area contributed by atoms with Crippen LogP contribution in [0.2, 0.25) is 0 Å². The fraction of sp³-hybridized carbons (Fsp3) is 0.200. The van der Waals surface area contributed by atoms with E-state index in [2.05, 4.69) is 6.26 Å². The Morgan fingerprint density at radius 3 is 2.17 bits per heavy atom. The van der Waals surface area contributed by atoms with Crippen molar-refractivity contribution >= 4 is 11.8 Å². The first kappa shape index (κ1) is 13.0. The average molecular weight is 260 g/mol. The van der Waals surface area contributed by atoms with Gasteiger partial charge in [0.15, 0.2) is 0 Å². The largest absolute Gasteiger partial charge is 0.461 e. The normalized spacial score (nSPS) is 12.1. The molecule has 0 N–H and O–H groups in total. The number of thioether (sulfide) groups is 1. The van der Waals surface area contributed by atoms with Crippen LogP contribution < -0.4 is 4.74 Å². The van der Waals surface area contributed by atoms with E-state index in [4.69, 9.17) is 9.47 Å². The predicted molar refractivity (Wildman–Crippen MR) is 75.0 cm³/mol. The molecule has 0 saturated heterocycles. The van der Waals surface area contributed by atoms with E-state index in [0.717, 1.165) is 11.3 Å². The number of methoxy groups -OCH3 is 1. The van der Waals surface area contributed by atoms with Crippen molar-refractivity contribution in [1.29, 1.82) is 0 Å². The van der Waals surface area contributed by atoms with Crippen molar-refractivity contribution in [1.82, 2.24) is 0 Å². The molecule has 0 aliphatic carbocycles. The van der Waals surface area contributed by atoms with Gasteiger partial charge in [0.2, 0.25) is 6.29 Å². The highest BCUT2D eigenvalue weighted by atomic mass is 32.2. The molecule has 2 aromatic rings. The smallest absolute Gasteiger partial charge is 0.226 e. The van der Waals surface area contributed by atoms with Gasteiger partial charge in [0.25, 0.3) is 0 Å². The Hall–Kier alpha value is -1.45. The van der Waals surface area contributed by atoms with Gasteiger partial charge in [0, 0.05) is 17.6 Å². The third-order valence-electron chi connectivity index (χ3n) is 2.59. The maximum Gasteiger partial charge on any atom is 0.226 e. The van der Waals surface area contributed by atoms with E-state index in [0.29, 0.717) is 0 Å². The summed E-state index contributed by atoms with van der Waals surface area (Å²) in [5, 5.41) is 0. The molecule has 1 unspecified atom stereocenters. The van der Waals surface area contributed by atoms with Crippen molar-refractivity contribution < 1.29 is 9.47 Å². The molecule has 2 aromatic carbocycles. The summed E-state index contributed by atoms with van der Waals surface area (Å²) in [6.07, 6.45) is 1.68. The maximum atomic E-state index is 5.82. The molecular weight excluding hydrogens is 244 g/mol. The second kappa shape index (κ2) is 6.47. The van der Waals surface area contributed by atoms with Crippen LogP contribution in [-0.4, -0.2) is 13.4 Å². The molecule has 0 spiro atoms. The molecule has 0 bridgehead atoms. The zero-order chi connectivity index (χ0) is 12.8. The highest BCUT2D eigenvalue weighted by Crippen LogP contribution is 2.24. The molecule has 1 atom stereocenters. The summed E-state index contributed by atoms with van der Waals surface area (Å²) < 4.78 is 11.2. The standard InChI is InChI=1S/C15H16O2S/c1-16-15(12-6-4-3-5-7-12)17-13-8-10-14(18-2)11-9-13/h3-11,15H,1-2H3. The zero-order valence-corrected chi connectivity index (χ0v) is 11.3. The molecular formula is C15H16O2S. The Labute approximate surface area is 112 Å². The highest BCUT2D eigenvalue weighted by Gasteiger charge is 2.11. The van der Waals surface area contributed by atoms with Crippen LogP contribution in [-0.2, 0) is 4.74 Å². The lowest BCUT2D eigenvalue weighted by molar-refractivity contribution is -0.0562. The number of hydrogen-bond acceptors (Lipinski definition) is 3. The summed E-state index contributed by atoms with van der Waals surface area (Å²) in [6, 6.07) is 17.9. The molecule has 3 heteroatoms. The Kier molecular flexibility index (Phi) is 4.67. The number of benzene rings is 2. The molecule has 0 aliphatic rings. The zero-order valence-electron chi connectivity index (χ0n) is 10.5. The molecule has 94 valence electrons. The van der Waals surface area contributed by atoms with Crippen LogP contribution in [0.15, 0.2) is 59.5 Å². The number of hydrogen-bond donors (Lipinski definition) is 0. The molecule has 0 fully saturated rings. The minimum atomic E-state index is -0.369. The molecule has 0 saturated carbocycles. The second-order valence-electron chi connectivity index (χ2n) is 3.77. The van der Waals surface area contributed by atoms with Crippen molar-refractivity contribution in [3.63, 3.8) is 0 Å². The van der Waals surface area contributed by atoms with Crippen molar-refractivity contribution in [2.45, 2.75) is 11.2 Å². The summed E-state index contributed by atoms with van der Waals surface area (Å²) in [5.41, 5.74) is 1.01. The molecule has 2 nitrogen and oxygen atoms in total. The van der Waals surface area contributed by atoms with Crippen LogP contribution in [0.1, 0.15) is 11.9 Å². The summed E-state index contributed by atoms with van der Waals surface area (Å²) >= 11 is 1.71. The lowest BCUT2D eigenvalue weighted by Gasteiger charge is -2.17. The van der Waals surface area contributed by atoms with Crippen LogP contribution in [0.5, 0.6) is 5.75 Å². The van der Waals surface area contributed by atoms with Crippen molar-refractivity contribution in [3.8, 4) is 5.75 Å². The Balaban J connectivity index is 2.10. The van der Waals surface area contributed by atoms with Gasteiger partial charge in [0.05, 0.1) is 0 Å². The number of rotatable bonds is 5. The molecule has 0 heterocycles. The second-order valence-corrected chi connectivity index (χ2v) is 4.65. The molecule has 18 heavy (non-hydrogen) atoms. The lowest BCUT2D eigenvalue weighted by Crippen LogP contribution is -2.09. The minimum Gasteiger partial charge on any atom is -0.461 e. The van der Waals surface area contributed by atoms with Crippen LogP contribution in [0.3, 0.4) is 0 Å². The van der Waals surface area contributed by atoms with Crippen LogP contribution in [0.25, 0.3) is 0 Å². The van der Waals surface area contributed by atoms with Gasteiger partial charge in [0.1, 0.15) is 5.75 Å². The fourth-order valence-electron chi connectivity index (χ4n) is 1.64. The minimum absolute atomic E-state index is 0.369. The molecule has 2 rings (SSSR count). The van der Waals surface area contributed by atoms with Gasteiger partial charge in [-0.25, -0.2) is 0 Å². The van der Waals surface area contributed by atoms with Gasteiger partial charge in [-0.1, -0.05) is 30.3 Å². The molecule has 0 aliphatic heterocycles. The van der Waals surface area contributed by atoms with E-state index in [1.807, 2.05) is 54.6 Å². The molecule has 0 amide bonds. The number of ether oxygens (including phenoxy) is 2. The third-order valence-corrected chi connectivity index (χ3v) is 3.33. The van der Waals surface area contributed by atoms with E-state index in [1.165, 1.54) is 4.90 Å². The Morgan fingerprint density at radius 1 is 0.944 bits per heavy atom. The van der Waals surface area contributed by atoms with Crippen molar-refractivity contribution in [3.05, 3.63) is 60.2 Å². The van der Waals surface area contributed by atoms with E-state index in [1.54, 1.807) is 18.9 Å². The van der Waals surface area contributed by atoms with Crippen LogP contribution in [0.4, 0.5) is 0 Å². The van der Waals surface area contributed by atoms with Gasteiger partial charge in [-0.05, 0) is 30.5 Å². The third kappa shape index (κ3) is 3.28. The van der Waals surface area contributed by atoms with E-state index < -0.39 is 0 Å².